The standard InChI is InChI=1S/C23H17ClFN5O2S/c24-15-9-7-14(8-10-15)18-12-19(20-6-3-11-32-20)30(29-18)21(31)13-33-23-26-22(27-28-23)16-4-1-2-5-17(16)25/h1-11,19H,12-13H2,(H,26,27,28). The molecule has 2 aromatic carbocycles. The van der Waals surface area contributed by atoms with Crippen molar-refractivity contribution in [2.75, 3.05) is 5.75 Å². The summed E-state index contributed by atoms with van der Waals surface area (Å²) in [5, 5.41) is 13.8. The average molecular weight is 482 g/mol. The third-order valence-corrected chi connectivity index (χ3v) is 6.22. The maximum atomic E-state index is 14.0. The van der Waals surface area contributed by atoms with Crippen LogP contribution in [0.5, 0.6) is 0 Å². The number of aromatic amines is 1. The zero-order valence-corrected chi connectivity index (χ0v) is 18.7. The maximum absolute atomic E-state index is 14.0. The summed E-state index contributed by atoms with van der Waals surface area (Å²) in [4.78, 5) is 17.4. The van der Waals surface area contributed by atoms with Gasteiger partial charge in [-0.25, -0.2) is 14.4 Å². The molecule has 0 bridgehead atoms. The number of hydrazone groups is 1. The molecular weight excluding hydrogens is 465 g/mol. The maximum Gasteiger partial charge on any atom is 0.253 e. The lowest BCUT2D eigenvalue weighted by atomic mass is 10.0. The Labute approximate surface area is 197 Å². The Morgan fingerprint density at radius 3 is 2.76 bits per heavy atom. The topological polar surface area (TPSA) is 87.4 Å². The monoisotopic (exact) mass is 481 g/mol. The number of benzene rings is 2. The van der Waals surface area contributed by atoms with Crippen LogP contribution in [0.15, 0.2) is 81.6 Å². The van der Waals surface area contributed by atoms with Gasteiger partial charge in [-0.3, -0.25) is 9.89 Å². The van der Waals surface area contributed by atoms with Crippen molar-refractivity contribution in [3.05, 3.63) is 89.1 Å². The number of amides is 1. The molecule has 1 aliphatic rings. The van der Waals surface area contributed by atoms with Gasteiger partial charge in [-0.1, -0.05) is 47.6 Å². The summed E-state index contributed by atoms with van der Waals surface area (Å²) in [7, 11) is 0. The SMILES string of the molecule is O=C(CSc1n[nH]c(-c2ccccc2F)n1)N1N=C(c2ccc(Cl)cc2)CC1c1ccco1. The number of halogens is 2. The number of aromatic nitrogens is 3. The summed E-state index contributed by atoms with van der Waals surface area (Å²) in [6.07, 6.45) is 2.09. The number of H-pyrrole nitrogens is 1. The fraction of sp³-hybridized carbons (Fsp3) is 0.130. The van der Waals surface area contributed by atoms with E-state index in [1.165, 1.54) is 11.1 Å². The molecule has 1 amide bonds. The molecule has 33 heavy (non-hydrogen) atoms. The van der Waals surface area contributed by atoms with Gasteiger partial charge in [-0.2, -0.15) is 5.10 Å². The summed E-state index contributed by atoms with van der Waals surface area (Å²) in [6.45, 7) is 0. The number of nitrogens with zero attached hydrogens (tertiary/aromatic N) is 4. The van der Waals surface area contributed by atoms with Gasteiger partial charge in [-0.05, 0) is 42.0 Å². The molecule has 1 atom stereocenters. The minimum absolute atomic E-state index is 0.0587. The average Bonchev–Trinajstić information content (AvgIpc) is 3.59. The normalized spacial score (nSPS) is 15.6. The van der Waals surface area contributed by atoms with Gasteiger partial charge < -0.3 is 4.42 Å². The lowest BCUT2D eigenvalue weighted by Crippen LogP contribution is -2.28. The van der Waals surface area contributed by atoms with Crippen LogP contribution in [0.25, 0.3) is 11.4 Å². The van der Waals surface area contributed by atoms with Gasteiger partial charge in [0, 0.05) is 11.4 Å². The van der Waals surface area contributed by atoms with E-state index in [0.29, 0.717) is 33.7 Å². The Hall–Kier alpha value is -3.43. The zero-order chi connectivity index (χ0) is 22.8. The van der Waals surface area contributed by atoms with Crippen molar-refractivity contribution in [3.8, 4) is 11.4 Å². The number of carbonyl (C=O) groups is 1. The molecule has 1 N–H and O–H groups in total. The first kappa shape index (κ1) is 21.4. The molecule has 7 nitrogen and oxygen atoms in total. The molecule has 1 aliphatic heterocycles. The Morgan fingerprint density at radius 2 is 2.00 bits per heavy atom. The number of hydrogen-bond acceptors (Lipinski definition) is 6. The molecule has 166 valence electrons. The molecule has 0 radical (unpaired) electrons. The van der Waals surface area contributed by atoms with E-state index < -0.39 is 5.82 Å². The molecular formula is C23H17ClFN5O2S. The highest BCUT2D eigenvalue weighted by Crippen LogP contribution is 2.34. The van der Waals surface area contributed by atoms with E-state index in [2.05, 4.69) is 20.3 Å². The predicted octanol–water partition coefficient (Wildman–Crippen LogP) is 5.33. The number of thioether (sulfide) groups is 1. The predicted molar refractivity (Wildman–Crippen MR) is 123 cm³/mol. The quantitative estimate of drug-likeness (QED) is 0.376. The number of rotatable bonds is 6. The molecule has 0 aliphatic carbocycles. The fourth-order valence-electron chi connectivity index (χ4n) is 3.54. The van der Waals surface area contributed by atoms with Crippen molar-refractivity contribution >= 4 is 35.0 Å². The van der Waals surface area contributed by atoms with Crippen molar-refractivity contribution < 1.29 is 13.6 Å². The van der Waals surface area contributed by atoms with Gasteiger partial charge >= 0.3 is 0 Å². The summed E-state index contributed by atoms with van der Waals surface area (Å²) >= 11 is 7.15. The molecule has 10 heteroatoms. The highest BCUT2D eigenvalue weighted by molar-refractivity contribution is 7.99. The van der Waals surface area contributed by atoms with Gasteiger partial charge in [0.25, 0.3) is 5.91 Å². The van der Waals surface area contributed by atoms with E-state index in [-0.39, 0.29) is 17.7 Å². The van der Waals surface area contributed by atoms with E-state index >= 15 is 0 Å². The minimum atomic E-state index is -0.399. The van der Waals surface area contributed by atoms with Crippen LogP contribution >= 0.6 is 23.4 Å². The Balaban J connectivity index is 1.32. The van der Waals surface area contributed by atoms with E-state index in [0.717, 1.165) is 23.0 Å². The first-order chi connectivity index (χ1) is 16.1. The highest BCUT2D eigenvalue weighted by atomic mass is 35.5. The second kappa shape index (κ2) is 9.21. The second-order valence-electron chi connectivity index (χ2n) is 7.26. The first-order valence-electron chi connectivity index (χ1n) is 10.1. The van der Waals surface area contributed by atoms with Crippen LogP contribution in [-0.4, -0.2) is 37.6 Å². The van der Waals surface area contributed by atoms with Crippen LogP contribution in [-0.2, 0) is 4.79 Å². The Morgan fingerprint density at radius 1 is 1.18 bits per heavy atom. The van der Waals surface area contributed by atoms with Crippen LogP contribution in [0.2, 0.25) is 5.02 Å². The molecule has 0 saturated heterocycles. The molecule has 5 rings (SSSR count). The Bertz CT molecular complexity index is 1310. The smallest absolute Gasteiger partial charge is 0.253 e. The van der Waals surface area contributed by atoms with Crippen LogP contribution in [0.4, 0.5) is 4.39 Å². The zero-order valence-electron chi connectivity index (χ0n) is 17.1. The van der Waals surface area contributed by atoms with Gasteiger partial charge in [0.15, 0.2) is 5.82 Å². The third kappa shape index (κ3) is 4.55. The third-order valence-electron chi connectivity index (χ3n) is 5.13. The van der Waals surface area contributed by atoms with Crippen LogP contribution < -0.4 is 0 Å². The van der Waals surface area contributed by atoms with E-state index in [1.807, 2.05) is 18.2 Å². The van der Waals surface area contributed by atoms with Crippen LogP contribution in [0, 0.1) is 5.82 Å². The lowest BCUT2D eigenvalue weighted by molar-refractivity contribution is -0.130. The number of carbonyl (C=O) groups excluding carboxylic acids is 1. The summed E-state index contributed by atoms with van der Waals surface area (Å²) in [5.74, 6) is 0.399. The van der Waals surface area contributed by atoms with Gasteiger partial charge in [-0.15, -0.1) is 5.10 Å². The van der Waals surface area contributed by atoms with Gasteiger partial charge in [0.1, 0.15) is 17.6 Å². The largest absolute Gasteiger partial charge is 0.467 e. The molecule has 1 unspecified atom stereocenters. The molecule has 2 aromatic heterocycles. The highest BCUT2D eigenvalue weighted by Gasteiger charge is 2.34. The van der Waals surface area contributed by atoms with Crippen molar-refractivity contribution in [1.29, 1.82) is 0 Å². The van der Waals surface area contributed by atoms with Crippen molar-refractivity contribution in [2.24, 2.45) is 5.10 Å². The van der Waals surface area contributed by atoms with Crippen LogP contribution in [0.3, 0.4) is 0 Å². The number of hydrogen-bond donors (Lipinski definition) is 1. The van der Waals surface area contributed by atoms with Gasteiger partial charge in [0.2, 0.25) is 5.16 Å². The molecule has 3 heterocycles. The molecule has 0 saturated carbocycles. The Kier molecular flexibility index (Phi) is 5.97. The van der Waals surface area contributed by atoms with E-state index in [1.54, 1.807) is 42.7 Å². The van der Waals surface area contributed by atoms with Gasteiger partial charge in [0.05, 0.1) is 23.3 Å². The first-order valence-corrected chi connectivity index (χ1v) is 11.4. The molecule has 0 spiro atoms. The molecule has 0 fully saturated rings. The van der Waals surface area contributed by atoms with Crippen molar-refractivity contribution in [3.63, 3.8) is 0 Å². The van der Waals surface area contributed by atoms with Crippen LogP contribution in [0.1, 0.15) is 23.8 Å². The second-order valence-corrected chi connectivity index (χ2v) is 8.64. The number of furan rings is 1. The minimum Gasteiger partial charge on any atom is -0.467 e. The lowest BCUT2D eigenvalue weighted by Gasteiger charge is -2.19. The summed E-state index contributed by atoms with van der Waals surface area (Å²) in [5.41, 5.74) is 1.98. The summed E-state index contributed by atoms with van der Waals surface area (Å²) < 4.78 is 19.6. The van der Waals surface area contributed by atoms with E-state index in [9.17, 15) is 9.18 Å². The molecule has 4 aromatic rings. The number of nitrogens with one attached hydrogen (secondary N) is 1. The van der Waals surface area contributed by atoms with Crippen molar-refractivity contribution in [2.45, 2.75) is 17.6 Å². The summed E-state index contributed by atoms with van der Waals surface area (Å²) in [6, 6.07) is 16.9. The van der Waals surface area contributed by atoms with E-state index in [4.69, 9.17) is 16.0 Å². The fourth-order valence-corrected chi connectivity index (χ4v) is 4.31. The van der Waals surface area contributed by atoms with Crippen molar-refractivity contribution in [1.82, 2.24) is 20.2 Å².